The Balaban J connectivity index is 3.21. The zero-order valence-electron chi connectivity index (χ0n) is 8.27. The molecule has 15 heavy (non-hydrogen) atoms. The Morgan fingerprint density at radius 3 is 2.07 bits per heavy atom. The lowest BCUT2D eigenvalue weighted by molar-refractivity contribution is 0.0782. The van der Waals surface area contributed by atoms with E-state index < -0.39 is 23.9 Å². The molecule has 0 atom stereocenters. The van der Waals surface area contributed by atoms with Crippen molar-refractivity contribution < 1.29 is 22.4 Å². The van der Waals surface area contributed by atoms with Gasteiger partial charge in [0.15, 0.2) is 0 Å². The van der Waals surface area contributed by atoms with E-state index in [9.17, 15) is 22.4 Å². The monoisotopic (exact) mass is 221 g/mol. The molecular formula is C9H10BF4O-. The van der Waals surface area contributed by atoms with Crippen molar-refractivity contribution in [3.05, 3.63) is 29.6 Å². The molecule has 0 heterocycles. The van der Waals surface area contributed by atoms with E-state index in [1.807, 2.05) is 0 Å². The zero-order chi connectivity index (χ0) is 11.9. The van der Waals surface area contributed by atoms with Gasteiger partial charge in [-0.1, -0.05) is 17.6 Å². The van der Waals surface area contributed by atoms with Crippen LogP contribution < -0.4 is 5.46 Å². The summed E-state index contributed by atoms with van der Waals surface area (Å²) >= 11 is 0. The van der Waals surface area contributed by atoms with Gasteiger partial charge in [0.2, 0.25) is 0 Å². The molecule has 1 nitrogen and oxygen atoms in total. The lowest BCUT2D eigenvalue weighted by Gasteiger charge is -2.21. The van der Waals surface area contributed by atoms with Gasteiger partial charge in [-0.15, -0.1) is 0 Å². The van der Waals surface area contributed by atoms with Gasteiger partial charge in [0.1, 0.15) is 0 Å². The van der Waals surface area contributed by atoms with Crippen molar-refractivity contribution in [3.63, 3.8) is 0 Å². The molecule has 6 heteroatoms. The minimum absolute atomic E-state index is 0.115. The lowest BCUT2D eigenvalue weighted by atomic mass is 9.78. The molecule has 1 rings (SSSR count). The van der Waals surface area contributed by atoms with Crippen molar-refractivity contribution in [3.8, 4) is 0 Å². The van der Waals surface area contributed by atoms with Crippen molar-refractivity contribution in [1.29, 1.82) is 0 Å². The van der Waals surface area contributed by atoms with Crippen molar-refractivity contribution in [2.75, 3.05) is 0 Å². The second kappa shape index (κ2) is 3.52. The summed E-state index contributed by atoms with van der Waals surface area (Å²) in [6, 6.07) is 2.45. The minimum Gasteiger partial charge on any atom is -0.445 e. The van der Waals surface area contributed by atoms with Crippen LogP contribution in [0.3, 0.4) is 0 Å². The van der Waals surface area contributed by atoms with Crippen LogP contribution in [-0.4, -0.2) is 12.1 Å². The molecule has 0 radical (unpaired) electrons. The maximum Gasteiger partial charge on any atom is 0.512 e. The minimum atomic E-state index is -5.34. The van der Waals surface area contributed by atoms with Gasteiger partial charge in [-0.25, -0.2) is 4.39 Å². The summed E-state index contributed by atoms with van der Waals surface area (Å²) in [5.74, 6) is -1.35. The molecule has 0 amide bonds. The lowest BCUT2D eigenvalue weighted by Crippen LogP contribution is -2.37. The molecule has 0 aliphatic carbocycles. The first-order valence-electron chi connectivity index (χ1n) is 4.34. The van der Waals surface area contributed by atoms with Crippen molar-refractivity contribution in [2.24, 2.45) is 0 Å². The van der Waals surface area contributed by atoms with Crippen LogP contribution in [0.2, 0.25) is 0 Å². The number of benzene rings is 1. The highest BCUT2D eigenvalue weighted by atomic mass is 19.4. The fourth-order valence-electron chi connectivity index (χ4n) is 1.17. The quantitative estimate of drug-likeness (QED) is 0.598. The Morgan fingerprint density at radius 1 is 1.20 bits per heavy atom. The number of halogens is 4. The first-order chi connectivity index (χ1) is 6.62. The van der Waals surface area contributed by atoms with E-state index in [0.29, 0.717) is 12.1 Å². The van der Waals surface area contributed by atoms with Gasteiger partial charge < -0.3 is 18.1 Å². The molecular weight excluding hydrogens is 211 g/mol. The standard InChI is InChI=1S/C9H10BF4O/c1-9(2,15)6-3-4-7(8(11)5-6)10(12,13)14/h3-5,15H,1-2H3/q-1. The van der Waals surface area contributed by atoms with Gasteiger partial charge in [0.25, 0.3) is 0 Å². The Hall–Kier alpha value is -1.04. The van der Waals surface area contributed by atoms with E-state index in [-0.39, 0.29) is 5.56 Å². The fraction of sp³-hybridized carbons (Fsp3) is 0.333. The van der Waals surface area contributed by atoms with Crippen LogP contribution in [0.5, 0.6) is 0 Å². The second-order valence-electron chi connectivity index (χ2n) is 3.87. The summed E-state index contributed by atoms with van der Waals surface area (Å²) in [6.07, 6.45) is 0. The third kappa shape index (κ3) is 2.71. The van der Waals surface area contributed by atoms with Gasteiger partial charge in [0, 0.05) is 0 Å². The topological polar surface area (TPSA) is 20.2 Å². The average Bonchev–Trinajstić information content (AvgIpc) is 1.99. The highest BCUT2D eigenvalue weighted by Crippen LogP contribution is 2.21. The predicted octanol–water partition coefficient (Wildman–Crippen LogP) is 2.11. The Labute approximate surface area is 84.8 Å². The molecule has 0 saturated carbocycles. The molecule has 84 valence electrons. The Kier molecular flexibility index (Phi) is 2.82. The third-order valence-electron chi connectivity index (χ3n) is 2.06. The first-order valence-corrected chi connectivity index (χ1v) is 4.34. The molecule has 0 saturated heterocycles. The van der Waals surface area contributed by atoms with Crippen LogP contribution in [-0.2, 0) is 5.60 Å². The molecule has 1 N–H and O–H groups in total. The number of rotatable bonds is 2. The van der Waals surface area contributed by atoms with Crippen LogP contribution in [0.15, 0.2) is 18.2 Å². The van der Waals surface area contributed by atoms with Crippen LogP contribution in [0.4, 0.5) is 17.3 Å². The number of hydrogen-bond donors (Lipinski definition) is 1. The Bertz CT molecular complexity index is 367. The molecule has 1 aromatic rings. The van der Waals surface area contributed by atoms with Gasteiger partial charge in [-0.2, -0.15) is 0 Å². The largest absolute Gasteiger partial charge is 0.512 e. The molecule has 0 fully saturated rings. The van der Waals surface area contributed by atoms with Crippen molar-refractivity contribution in [1.82, 2.24) is 0 Å². The summed E-state index contributed by atoms with van der Waals surface area (Å²) in [5, 5.41) is 9.46. The van der Waals surface area contributed by atoms with Crippen LogP contribution in [0.1, 0.15) is 19.4 Å². The SMILES string of the molecule is CC(C)(O)c1ccc([B-](F)(F)F)c(F)c1. The number of hydrogen-bond acceptors (Lipinski definition) is 1. The van der Waals surface area contributed by atoms with E-state index in [0.717, 1.165) is 6.07 Å². The number of aliphatic hydroxyl groups is 1. The smallest absolute Gasteiger partial charge is 0.445 e. The van der Waals surface area contributed by atoms with Gasteiger partial charge in [-0.05, 0) is 25.5 Å². The third-order valence-corrected chi connectivity index (χ3v) is 2.06. The fourth-order valence-corrected chi connectivity index (χ4v) is 1.17. The molecule has 0 unspecified atom stereocenters. The summed E-state index contributed by atoms with van der Waals surface area (Å²) in [6.45, 7) is -2.59. The van der Waals surface area contributed by atoms with E-state index in [2.05, 4.69) is 0 Å². The molecule has 0 aliphatic rings. The normalized spacial score (nSPS) is 13.0. The van der Waals surface area contributed by atoms with Crippen LogP contribution >= 0.6 is 0 Å². The van der Waals surface area contributed by atoms with E-state index in [1.54, 1.807) is 0 Å². The van der Waals surface area contributed by atoms with E-state index in [1.165, 1.54) is 13.8 Å². The van der Waals surface area contributed by atoms with Gasteiger partial charge in [-0.3, -0.25) is 0 Å². The Morgan fingerprint density at radius 2 is 1.73 bits per heavy atom. The average molecular weight is 221 g/mol. The summed E-state index contributed by atoms with van der Waals surface area (Å²) in [4.78, 5) is 0. The molecule has 0 spiro atoms. The predicted molar refractivity (Wildman–Crippen MR) is 50.4 cm³/mol. The summed E-state index contributed by atoms with van der Waals surface area (Å²) in [5.41, 5.74) is -2.50. The molecule has 0 bridgehead atoms. The zero-order valence-corrected chi connectivity index (χ0v) is 8.27. The maximum atomic E-state index is 13.1. The van der Waals surface area contributed by atoms with Crippen molar-refractivity contribution in [2.45, 2.75) is 19.4 Å². The molecule has 0 aliphatic heterocycles. The highest BCUT2D eigenvalue weighted by Gasteiger charge is 2.29. The van der Waals surface area contributed by atoms with Crippen LogP contribution in [0.25, 0.3) is 0 Å². The highest BCUT2D eigenvalue weighted by molar-refractivity contribution is 6.73. The maximum absolute atomic E-state index is 13.1. The molecule has 1 aromatic carbocycles. The van der Waals surface area contributed by atoms with E-state index in [4.69, 9.17) is 0 Å². The summed E-state index contributed by atoms with van der Waals surface area (Å²) < 4.78 is 49.8. The van der Waals surface area contributed by atoms with Gasteiger partial charge in [0.05, 0.1) is 11.4 Å². The van der Waals surface area contributed by atoms with Crippen LogP contribution in [0, 0.1) is 5.82 Å². The van der Waals surface area contributed by atoms with Crippen molar-refractivity contribution >= 4 is 12.4 Å². The van der Waals surface area contributed by atoms with Gasteiger partial charge >= 0.3 is 6.98 Å². The summed E-state index contributed by atoms with van der Waals surface area (Å²) in [7, 11) is 0. The van der Waals surface area contributed by atoms with E-state index >= 15 is 0 Å². The first kappa shape index (κ1) is 12.0. The second-order valence-corrected chi connectivity index (χ2v) is 3.87. The molecule has 0 aromatic heterocycles.